The Morgan fingerprint density at radius 1 is 1.38 bits per heavy atom. The minimum absolute atomic E-state index is 0.165. The highest BCUT2D eigenvalue weighted by molar-refractivity contribution is 7.86. The standard InChI is InChI=1S/C11H11N3O6S/c1-20-11(16)7-5-10(15)14(13-7)8-4-6(12)2-3-9(8)21(17,18)19/h2-5,13H,12H2,1H3,(H,17,18,19). The van der Waals surface area contributed by atoms with E-state index >= 15 is 0 Å². The highest BCUT2D eigenvalue weighted by Crippen LogP contribution is 2.21. The van der Waals surface area contributed by atoms with Crippen LogP contribution in [0.1, 0.15) is 10.5 Å². The van der Waals surface area contributed by atoms with Crippen molar-refractivity contribution < 1.29 is 22.5 Å². The second-order valence-corrected chi connectivity index (χ2v) is 5.43. The monoisotopic (exact) mass is 313 g/mol. The molecule has 0 aliphatic rings. The van der Waals surface area contributed by atoms with Gasteiger partial charge in [0.2, 0.25) is 0 Å². The molecule has 21 heavy (non-hydrogen) atoms. The number of aromatic nitrogens is 2. The molecule has 0 unspecified atom stereocenters. The van der Waals surface area contributed by atoms with Crippen molar-refractivity contribution in [1.82, 2.24) is 9.78 Å². The third-order valence-electron chi connectivity index (χ3n) is 2.63. The third kappa shape index (κ3) is 2.80. The van der Waals surface area contributed by atoms with E-state index in [4.69, 9.17) is 5.73 Å². The fourth-order valence-corrected chi connectivity index (χ4v) is 2.37. The van der Waals surface area contributed by atoms with E-state index < -0.39 is 26.5 Å². The normalized spacial score (nSPS) is 11.3. The van der Waals surface area contributed by atoms with Crippen molar-refractivity contribution in [2.45, 2.75) is 4.90 Å². The third-order valence-corrected chi connectivity index (χ3v) is 3.53. The lowest BCUT2D eigenvalue weighted by molar-refractivity contribution is 0.0593. The number of hydrogen-bond donors (Lipinski definition) is 3. The van der Waals surface area contributed by atoms with Crippen molar-refractivity contribution >= 4 is 21.8 Å². The number of carbonyl (C=O) groups excluding carboxylic acids is 1. The van der Waals surface area contributed by atoms with E-state index in [1.54, 1.807) is 0 Å². The number of nitrogens with two attached hydrogens (primary N) is 1. The molecule has 0 aliphatic carbocycles. The van der Waals surface area contributed by atoms with Crippen molar-refractivity contribution in [3.05, 3.63) is 40.3 Å². The van der Waals surface area contributed by atoms with Crippen LogP contribution in [0.25, 0.3) is 5.69 Å². The van der Waals surface area contributed by atoms with Gasteiger partial charge < -0.3 is 10.5 Å². The lowest BCUT2D eigenvalue weighted by atomic mass is 10.3. The molecule has 0 atom stereocenters. The average Bonchev–Trinajstić information content (AvgIpc) is 2.78. The van der Waals surface area contributed by atoms with Crippen molar-refractivity contribution in [3.8, 4) is 5.69 Å². The summed E-state index contributed by atoms with van der Waals surface area (Å²) >= 11 is 0. The molecule has 0 saturated heterocycles. The summed E-state index contributed by atoms with van der Waals surface area (Å²) in [5, 5.41) is 2.39. The lowest BCUT2D eigenvalue weighted by Gasteiger charge is -2.08. The number of ether oxygens (including phenoxy) is 1. The summed E-state index contributed by atoms with van der Waals surface area (Å²) in [5.41, 5.74) is 4.62. The highest BCUT2D eigenvalue weighted by Gasteiger charge is 2.20. The maximum Gasteiger partial charge on any atom is 0.356 e. The summed E-state index contributed by atoms with van der Waals surface area (Å²) in [6.45, 7) is 0. The van der Waals surface area contributed by atoms with Gasteiger partial charge in [-0.05, 0) is 18.2 Å². The van der Waals surface area contributed by atoms with E-state index in [-0.39, 0.29) is 17.1 Å². The Bertz CT molecular complexity index is 864. The minimum atomic E-state index is -4.58. The molecule has 9 nitrogen and oxygen atoms in total. The first-order chi connectivity index (χ1) is 9.74. The molecule has 10 heteroatoms. The van der Waals surface area contributed by atoms with Crippen molar-refractivity contribution in [1.29, 1.82) is 0 Å². The van der Waals surface area contributed by atoms with Gasteiger partial charge >= 0.3 is 5.97 Å². The Labute approximate surface area is 118 Å². The van der Waals surface area contributed by atoms with Gasteiger partial charge in [-0.3, -0.25) is 14.4 Å². The van der Waals surface area contributed by atoms with Crippen LogP contribution in [0.3, 0.4) is 0 Å². The quantitative estimate of drug-likeness (QED) is 0.403. The van der Waals surface area contributed by atoms with Gasteiger partial charge in [0.25, 0.3) is 15.7 Å². The molecule has 1 aromatic carbocycles. The molecule has 1 heterocycles. The fourth-order valence-electron chi connectivity index (χ4n) is 1.72. The summed E-state index contributed by atoms with van der Waals surface area (Å²) < 4.78 is 37.1. The highest BCUT2D eigenvalue weighted by atomic mass is 32.2. The van der Waals surface area contributed by atoms with Gasteiger partial charge in [-0.15, -0.1) is 0 Å². The number of nitrogen functional groups attached to an aromatic ring is 1. The van der Waals surface area contributed by atoms with Crippen LogP contribution in [0.15, 0.2) is 34.0 Å². The molecule has 0 saturated carbocycles. The topological polar surface area (TPSA) is 144 Å². The first kappa shape index (κ1) is 14.8. The summed E-state index contributed by atoms with van der Waals surface area (Å²) in [5.74, 6) is -0.803. The lowest BCUT2D eigenvalue weighted by Crippen LogP contribution is -2.17. The van der Waals surface area contributed by atoms with Crippen LogP contribution < -0.4 is 11.3 Å². The van der Waals surface area contributed by atoms with Gasteiger partial charge in [0.1, 0.15) is 10.6 Å². The van der Waals surface area contributed by atoms with Crippen LogP contribution in [0, 0.1) is 0 Å². The van der Waals surface area contributed by atoms with E-state index in [9.17, 15) is 22.6 Å². The van der Waals surface area contributed by atoms with Gasteiger partial charge in [-0.25, -0.2) is 9.48 Å². The van der Waals surface area contributed by atoms with Gasteiger partial charge in [-0.1, -0.05) is 0 Å². The number of H-pyrrole nitrogens is 1. The smallest absolute Gasteiger partial charge is 0.356 e. The summed E-state index contributed by atoms with van der Waals surface area (Å²) in [6.07, 6.45) is 0. The van der Waals surface area contributed by atoms with Crippen LogP contribution >= 0.6 is 0 Å². The van der Waals surface area contributed by atoms with Crippen LogP contribution in [0.2, 0.25) is 0 Å². The Balaban J connectivity index is 2.73. The number of rotatable bonds is 3. The first-order valence-corrected chi connectivity index (χ1v) is 6.96. The number of anilines is 1. The molecule has 0 bridgehead atoms. The number of carbonyl (C=O) groups is 1. The predicted molar refractivity (Wildman–Crippen MR) is 72.0 cm³/mol. The van der Waals surface area contributed by atoms with E-state index in [1.807, 2.05) is 0 Å². The minimum Gasteiger partial charge on any atom is -0.464 e. The Kier molecular flexibility index (Phi) is 3.58. The molecule has 0 aliphatic heterocycles. The number of benzene rings is 1. The van der Waals surface area contributed by atoms with Crippen molar-refractivity contribution in [2.75, 3.05) is 12.8 Å². The predicted octanol–water partition coefficient (Wildman–Crippen LogP) is -0.219. The van der Waals surface area contributed by atoms with E-state index in [2.05, 4.69) is 9.84 Å². The first-order valence-electron chi connectivity index (χ1n) is 5.52. The summed E-state index contributed by atoms with van der Waals surface area (Å²) in [7, 11) is -3.46. The van der Waals surface area contributed by atoms with E-state index in [1.165, 1.54) is 12.1 Å². The largest absolute Gasteiger partial charge is 0.464 e. The molecule has 4 N–H and O–H groups in total. The molecule has 112 valence electrons. The van der Waals surface area contributed by atoms with E-state index in [0.717, 1.165) is 23.9 Å². The van der Waals surface area contributed by atoms with Crippen LogP contribution in [0.4, 0.5) is 5.69 Å². The van der Waals surface area contributed by atoms with Gasteiger partial charge in [-0.2, -0.15) is 8.42 Å². The number of esters is 1. The van der Waals surface area contributed by atoms with Crippen LogP contribution in [-0.4, -0.2) is 35.8 Å². The fraction of sp³-hybridized carbons (Fsp3) is 0.0909. The second-order valence-electron chi connectivity index (χ2n) is 4.04. The van der Waals surface area contributed by atoms with Gasteiger partial charge in [0.05, 0.1) is 12.8 Å². The van der Waals surface area contributed by atoms with Crippen LogP contribution in [-0.2, 0) is 14.9 Å². The zero-order valence-electron chi connectivity index (χ0n) is 10.7. The molecular weight excluding hydrogens is 302 g/mol. The zero-order valence-corrected chi connectivity index (χ0v) is 11.5. The SMILES string of the molecule is COC(=O)c1cc(=O)n(-c2cc(N)ccc2S(=O)(=O)O)[nH]1. The van der Waals surface area contributed by atoms with Crippen LogP contribution in [0.5, 0.6) is 0 Å². The molecular formula is C11H11N3O6S. The van der Waals surface area contributed by atoms with E-state index in [0.29, 0.717) is 0 Å². The summed E-state index contributed by atoms with van der Waals surface area (Å²) in [6, 6.07) is 4.40. The average molecular weight is 313 g/mol. The Morgan fingerprint density at radius 2 is 2.05 bits per heavy atom. The Morgan fingerprint density at radius 3 is 2.62 bits per heavy atom. The number of aromatic amines is 1. The Hall–Kier alpha value is -2.59. The number of hydrogen-bond acceptors (Lipinski definition) is 6. The molecule has 2 aromatic rings. The maximum absolute atomic E-state index is 11.9. The van der Waals surface area contributed by atoms with Gasteiger partial charge in [0, 0.05) is 11.8 Å². The van der Waals surface area contributed by atoms with Crippen molar-refractivity contribution in [3.63, 3.8) is 0 Å². The summed E-state index contributed by atoms with van der Waals surface area (Å²) in [4.78, 5) is 22.7. The molecule has 0 amide bonds. The number of nitrogens with one attached hydrogen (secondary N) is 1. The number of nitrogens with zero attached hydrogens (tertiary/aromatic N) is 1. The molecule has 2 rings (SSSR count). The molecule has 0 radical (unpaired) electrons. The molecule has 1 aromatic heterocycles. The molecule has 0 fully saturated rings. The number of methoxy groups -OCH3 is 1. The van der Waals surface area contributed by atoms with Gasteiger partial charge in [0.15, 0.2) is 0 Å². The molecule has 0 spiro atoms. The second kappa shape index (κ2) is 5.07. The zero-order chi connectivity index (χ0) is 15.8. The maximum atomic E-state index is 11.9. The van der Waals surface area contributed by atoms with Crippen molar-refractivity contribution in [2.24, 2.45) is 0 Å².